The first-order valence-electron chi connectivity index (χ1n) is 7.07. The molecule has 0 aliphatic heterocycles. The predicted molar refractivity (Wildman–Crippen MR) is 86.0 cm³/mol. The maximum absolute atomic E-state index is 12.0. The molecule has 0 bridgehead atoms. The topological polar surface area (TPSA) is 115 Å². The van der Waals surface area contributed by atoms with Crippen LogP contribution in [0.2, 0.25) is 0 Å². The maximum Gasteiger partial charge on any atom is 0.305 e. The number of aryl methyl sites for hydroxylation is 1. The molecule has 24 heavy (non-hydrogen) atoms. The van der Waals surface area contributed by atoms with Gasteiger partial charge in [-0.1, -0.05) is 33.2 Å². The summed E-state index contributed by atoms with van der Waals surface area (Å²) in [6.07, 6.45) is -0.231. The lowest BCUT2D eigenvalue weighted by molar-refractivity contribution is -0.138. The second kappa shape index (κ2) is 8.55. The number of nitrogens with zero attached hydrogens (tertiary/aromatic N) is 2. The quantitative estimate of drug-likeness (QED) is 0.699. The van der Waals surface area contributed by atoms with E-state index in [9.17, 15) is 9.59 Å². The lowest BCUT2D eigenvalue weighted by Gasteiger charge is -2.17. The molecule has 9 heteroatoms. The molecule has 0 saturated heterocycles. The van der Waals surface area contributed by atoms with E-state index in [2.05, 4.69) is 31.4 Å². The molecule has 1 aromatic heterocycles. The van der Waals surface area contributed by atoms with Crippen molar-refractivity contribution in [3.63, 3.8) is 0 Å². The van der Waals surface area contributed by atoms with Crippen molar-refractivity contribution in [3.05, 3.63) is 46.0 Å². The molecular weight excluding hydrogens is 382 g/mol. The van der Waals surface area contributed by atoms with Crippen LogP contribution in [-0.4, -0.2) is 33.7 Å². The fraction of sp³-hybridized carbons (Fsp3) is 0.333. The summed E-state index contributed by atoms with van der Waals surface area (Å²) in [6.45, 7) is 1.44. The Morgan fingerprint density at radius 1 is 1.46 bits per heavy atom. The van der Waals surface area contributed by atoms with Gasteiger partial charge in [0, 0.05) is 4.47 Å². The third kappa shape index (κ3) is 5.74. The van der Waals surface area contributed by atoms with E-state index in [-0.39, 0.29) is 25.5 Å². The fourth-order valence-corrected chi connectivity index (χ4v) is 2.43. The van der Waals surface area contributed by atoms with Crippen LogP contribution in [0, 0.1) is 6.92 Å². The first kappa shape index (κ1) is 18.1. The van der Waals surface area contributed by atoms with Gasteiger partial charge in [-0.05, 0) is 24.6 Å². The molecule has 128 valence electrons. The van der Waals surface area contributed by atoms with E-state index in [1.165, 1.54) is 0 Å². The summed E-state index contributed by atoms with van der Waals surface area (Å²) in [5.74, 6) is -0.691. The zero-order valence-corrected chi connectivity index (χ0v) is 14.4. The van der Waals surface area contributed by atoms with Gasteiger partial charge in [-0.3, -0.25) is 9.59 Å². The molecule has 1 atom stereocenters. The minimum Gasteiger partial charge on any atom is -0.481 e. The third-order valence-electron chi connectivity index (χ3n) is 2.99. The first-order valence-corrected chi connectivity index (χ1v) is 7.87. The first-order chi connectivity index (χ1) is 11.4. The van der Waals surface area contributed by atoms with Crippen LogP contribution in [0.5, 0.6) is 0 Å². The molecule has 2 N–H and O–H groups in total. The molecule has 1 aromatic carbocycles. The van der Waals surface area contributed by atoms with Crippen molar-refractivity contribution in [1.29, 1.82) is 0 Å². The average Bonchev–Trinajstić information content (AvgIpc) is 2.91. The maximum atomic E-state index is 12.0. The van der Waals surface area contributed by atoms with Crippen LogP contribution >= 0.6 is 15.9 Å². The normalized spacial score (nSPS) is 11.9. The van der Waals surface area contributed by atoms with Crippen molar-refractivity contribution >= 4 is 27.8 Å². The number of carbonyl (C=O) groups is 2. The van der Waals surface area contributed by atoms with Crippen molar-refractivity contribution in [1.82, 2.24) is 15.5 Å². The summed E-state index contributed by atoms with van der Waals surface area (Å²) in [7, 11) is 0. The summed E-state index contributed by atoms with van der Waals surface area (Å²) >= 11 is 3.32. The van der Waals surface area contributed by atoms with E-state index in [4.69, 9.17) is 14.4 Å². The van der Waals surface area contributed by atoms with E-state index in [0.29, 0.717) is 11.4 Å². The van der Waals surface area contributed by atoms with Gasteiger partial charge < -0.3 is 19.7 Å². The fourth-order valence-electron chi connectivity index (χ4n) is 2.02. The molecular formula is C15H16BrN3O5. The highest BCUT2D eigenvalue weighted by atomic mass is 79.9. The molecule has 0 spiro atoms. The summed E-state index contributed by atoms with van der Waals surface area (Å²) in [4.78, 5) is 27.0. The molecule has 1 heterocycles. The number of amides is 1. The number of carboxylic acid groups (broad SMARTS) is 1. The van der Waals surface area contributed by atoms with Crippen molar-refractivity contribution in [2.24, 2.45) is 0 Å². The largest absolute Gasteiger partial charge is 0.481 e. The Morgan fingerprint density at radius 3 is 2.88 bits per heavy atom. The van der Waals surface area contributed by atoms with Crippen LogP contribution in [0.1, 0.15) is 29.7 Å². The van der Waals surface area contributed by atoms with Gasteiger partial charge in [-0.25, -0.2) is 0 Å². The molecule has 1 unspecified atom stereocenters. The molecule has 0 fully saturated rings. The zero-order valence-electron chi connectivity index (χ0n) is 12.9. The van der Waals surface area contributed by atoms with Gasteiger partial charge in [0.25, 0.3) is 5.89 Å². The van der Waals surface area contributed by atoms with Gasteiger partial charge in [-0.15, -0.1) is 0 Å². The lowest BCUT2D eigenvalue weighted by atomic mass is 10.0. The van der Waals surface area contributed by atoms with Gasteiger partial charge >= 0.3 is 5.97 Å². The number of ether oxygens (including phenoxy) is 1. The molecule has 8 nitrogen and oxygen atoms in total. The smallest absolute Gasteiger partial charge is 0.305 e. The van der Waals surface area contributed by atoms with Crippen LogP contribution in [0.15, 0.2) is 33.3 Å². The number of aliphatic carboxylic acids is 1. The Bertz CT molecular complexity index is 719. The second-order valence-corrected chi connectivity index (χ2v) is 5.92. The summed E-state index contributed by atoms with van der Waals surface area (Å²) in [6, 6.07) is 6.45. The zero-order chi connectivity index (χ0) is 17.5. The Balaban J connectivity index is 1.90. The Hall–Kier alpha value is -2.26. The van der Waals surface area contributed by atoms with Gasteiger partial charge in [0.2, 0.25) is 5.91 Å². The Morgan fingerprint density at radius 2 is 2.25 bits per heavy atom. The number of halogens is 1. The van der Waals surface area contributed by atoms with E-state index in [1.54, 1.807) is 25.1 Å². The van der Waals surface area contributed by atoms with E-state index < -0.39 is 17.9 Å². The van der Waals surface area contributed by atoms with Gasteiger partial charge in [0.1, 0.15) is 13.2 Å². The molecule has 0 aliphatic carbocycles. The summed E-state index contributed by atoms with van der Waals surface area (Å²) in [5, 5.41) is 15.3. The number of carboxylic acids is 1. The highest BCUT2D eigenvalue weighted by molar-refractivity contribution is 9.10. The standard InChI is InChI=1S/C15H16BrN3O5/c1-9-17-14(24-19-9)8-23-7-13(20)18-12(6-15(21)22)10-3-2-4-11(16)5-10/h2-5,12H,6-8H2,1H3,(H,18,20)(H,21,22). The lowest BCUT2D eigenvalue weighted by Crippen LogP contribution is -2.33. The van der Waals surface area contributed by atoms with Crippen molar-refractivity contribution in [2.75, 3.05) is 6.61 Å². The van der Waals surface area contributed by atoms with Gasteiger partial charge in [-0.2, -0.15) is 4.98 Å². The number of aromatic nitrogens is 2. The summed E-state index contributed by atoms with van der Waals surface area (Å²) < 4.78 is 10.9. The van der Waals surface area contributed by atoms with Crippen LogP contribution in [0.4, 0.5) is 0 Å². The van der Waals surface area contributed by atoms with Crippen LogP contribution < -0.4 is 5.32 Å². The van der Waals surface area contributed by atoms with E-state index in [1.807, 2.05) is 6.07 Å². The van der Waals surface area contributed by atoms with Crippen LogP contribution in [0.25, 0.3) is 0 Å². The number of rotatable bonds is 8. The summed E-state index contributed by atoms with van der Waals surface area (Å²) in [5.41, 5.74) is 0.688. The molecule has 2 aromatic rings. The minimum atomic E-state index is -1.01. The minimum absolute atomic E-state index is 0.00867. The number of benzene rings is 1. The van der Waals surface area contributed by atoms with Crippen LogP contribution in [-0.2, 0) is 20.9 Å². The molecule has 2 rings (SSSR count). The van der Waals surface area contributed by atoms with E-state index >= 15 is 0 Å². The molecule has 0 aliphatic rings. The average molecular weight is 398 g/mol. The number of hydrogen-bond donors (Lipinski definition) is 2. The Kier molecular flexibility index (Phi) is 6.44. The van der Waals surface area contributed by atoms with Gasteiger partial charge in [0.05, 0.1) is 12.5 Å². The highest BCUT2D eigenvalue weighted by Gasteiger charge is 2.18. The monoisotopic (exact) mass is 397 g/mol. The van der Waals surface area contributed by atoms with E-state index in [0.717, 1.165) is 4.47 Å². The highest BCUT2D eigenvalue weighted by Crippen LogP contribution is 2.21. The third-order valence-corrected chi connectivity index (χ3v) is 3.49. The van der Waals surface area contributed by atoms with Crippen molar-refractivity contribution in [2.45, 2.75) is 26.0 Å². The predicted octanol–water partition coefficient (Wildman–Crippen LogP) is 1.99. The van der Waals surface area contributed by atoms with Crippen molar-refractivity contribution < 1.29 is 24.0 Å². The number of hydrogen-bond acceptors (Lipinski definition) is 6. The Labute approximate surface area is 146 Å². The van der Waals surface area contributed by atoms with Gasteiger partial charge in [0.15, 0.2) is 5.82 Å². The molecule has 0 radical (unpaired) electrons. The number of carbonyl (C=O) groups excluding carboxylic acids is 1. The van der Waals surface area contributed by atoms with Crippen molar-refractivity contribution in [3.8, 4) is 0 Å². The SMILES string of the molecule is Cc1noc(COCC(=O)NC(CC(=O)O)c2cccc(Br)c2)n1. The van der Waals surface area contributed by atoms with Crippen LogP contribution in [0.3, 0.4) is 0 Å². The molecule has 1 amide bonds. The molecule has 0 saturated carbocycles. The second-order valence-electron chi connectivity index (χ2n) is 5.00. The number of nitrogens with one attached hydrogen (secondary N) is 1.